The quantitative estimate of drug-likeness (QED) is 0.425. The third-order valence-corrected chi connectivity index (χ3v) is 3.61. The van der Waals surface area contributed by atoms with Crippen molar-refractivity contribution in [3.8, 4) is 0 Å². The van der Waals surface area contributed by atoms with E-state index in [9.17, 15) is 9.90 Å². The van der Waals surface area contributed by atoms with Gasteiger partial charge < -0.3 is 15.7 Å². The number of nitrogens with one attached hydrogen (secondary N) is 2. The van der Waals surface area contributed by atoms with Gasteiger partial charge in [-0.3, -0.25) is 4.79 Å². The second kappa shape index (κ2) is 12.5. The van der Waals surface area contributed by atoms with E-state index in [1.165, 1.54) is 0 Å². The summed E-state index contributed by atoms with van der Waals surface area (Å²) in [6, 6.07) is -0.589. The Morgan fingerprint density at radius 1 is 1.45 bits per heavy atom. The highest BCUT2D eigenvalue weighted by Crippen LogP contribution is 2.16. The molecule has 0 aromatic rings. The number of halogens is 2. The van der Waals surface area contributed by atoms with Crippen molar-refractivity contribution in [2.24, 2.45) is 5.92 Å². The second-order valence-corrected chi connectivity index (χ2v) is 5.36. The first-order valence-electron chi connectivity index (χ1n) is 6.78. The zero-order valence-corrected chi connectivity index (χ0v) is 14.1. The van der Waals surface area contributed by atoms with Gasteiger partial charge in [0.1, 0.15) is 0 Å². The van der Waals surface area contributed by atoms with E-state index in [-0.39, 0.29) is 36.3 Å². The number of carbonyl (C=O) groups excluding carboxylic acids is 1. The van der Waals surface area contributed by atoms with Gasteiger partial charge in [0.2, 0.25) is 5.91 Å². The number of aliphatic hydroxyl groups is 1. The fourth-order valence-corrected chi connectivity index (χ4v) is 2.03. The number of hydrogen-bond acceptors (Lipinski definition) is 3. The number of amides is 1. The van der Waals surface area contributed by atoms with Crippen molar-refractivity contribution >= 4 is 29.9 Å². The summed E-state index contributed by atoms with van der Waals surface area (Å²) in [7, 11) is 1.73. The first-order valence-corrected chi connectivity index (χ1v) is 7.32. The molecule has 3 N–H and O–H groups in total. The molecule has 0 saturated carbocycles. The van der Waals surface area contributed by atoms with Crippen LogP contribution in [0.15, 0.2) is 12.7 Å². The molecule has 0 rings (SSSR count). The largest absolute Gasteiger partial charge is 0.390 e. The van der Waals surface area contributed by atoms with Crippen LogP contribution in [0.25, 0.3) is 0 Å². The molecule has 6 heteroatoms. The molecular weight excluding hydrogens is 299 g/mol. The molecule has 4 atom stereocenters. The van der Waals surface area contributed by atoms with E-state index in [0.717, 1.165) is 12.8 Å². The molecule has 4 nitrogen and oxygen atoms in total. The van der Waals surface area contributed by atoms with Crippen LogP contribution < -0.4 is 10.6 Å². The molecule has 1 amide bonds. The zero-order valence-electron chi connectivity index (χ0n) is 12.6. The molecule has 0 aliphatic carbocycles. The smallest absolute Gasteiger partial charge is 0.237 e. The van der Waals surface area contributed by atoms with Gasteiger partial charge in [-0.25, -0.2) is 0 Å². The van der Waals surface area contributed by atoms with Crippen LogP contribution in [0, 0.1) is 5.92 Å². The Balaban J connectivity index is 0. The lowest BCUT2D eigenvalue weighted by Gasteiger charge is -2.27. The van der Waals surface area contributed by atoms with Gasteiger partial charge in [-0.05, 0) is 39.2 Å². The zero-order chi connectivity index (χ0) is 14.8. The van der Waals surface area contributed by atoms with E-state index < -0.39 is 6.10 Å². The molecule has 0 unspecified atom stereocenters. The minimum absolute atomic E-state index is 0. The molecular formula is C14H28Cl2N2O2. The molecule has 0 heterocycles. The van der Waals surface area contributed by atoms with Crippen molar-refractivity contribution in [3.05, 3.63) is 12.7 Å². The summed E-state index contributed by atoms with van der Waals surface area (Å²) in [6.45, 7) is 7.58. The highest BCUT2D eigenvalue weighted by molar-refractivity contribution is 6.18. The summed E-state index contributed by atoms with van der Waals surface area (Å²) in [5, 5.41) is 15.6. The average Bonchev–Trinajstić information content (AvgIpc) is 2.42. The van der Waals surface area contributed by atoms with Crippen molar-refractivity contribution in [2.45, 2.75) is 51.3 Å². The number of alkyl halides is 1. The Kier molecular flexibility index (Phi) is 13.7. The van der Waals surface area contributed by atoms with E-state index in [0.29, 0.717) is 12.3 Å². The van der Waals surface area contributed by atoms with E-state index in [4.69, 9.17) is 11.6 Å². The van der Waals surface area contributed by atoms with Crippen LogP contribution in [0.4, 0.5) is 0 Å². The van der Waals surface area contributed by atoms with Crippen LogP contribution >= 0.6 is 24.0 Å². The molecule has 0 aliphatic rings. The maximum absolute atomic E-state index is 11.9. The third kappa shape index (κ3) is 8.80. The molecule has 20 heavy (non-hydrogen) atoms. The van der Waals surface area contributed by atoms with E-state index in [2.05, 4.69) is 24.1 Å². The third-order valence-electron chi connectivity index (χ3n) is 3.30. The topological polar surface area (TPSA) is 61.4 Å². The number of allylic oxidation sites excluding steroid dienone is 1. The lowest BCUT2D eigenvalue weighted by Crippen LogP contribution is -2.50. The highest BCUT2D eigenvalue weighted by Gasteiger charge is 2.24. The molecule has 0 radical (unpaired) electrons. The van der Waals surface area contributed by atoms with Crippen LogP contribution in [0.1, 0.15) is 33.1 Å². The first-order chi connectivity index (χ1) is 8.96. The van der Waals surface area contributed by atoms with E-state index in [1.54, 1.807) is 14.0 Å². The molecule has 0 aliphatic heterocycles. The Labute approximate surface area is 133 Å². The lowest BCUT2D eigenvalue weighted by atomic mass is 9.94. The fraction of sp³-hybridized carbons (Fsp3) is 0.786. The number of carbonyl (C=O) groups is 1. The molecule has 120 valence electrons. The number of likely N-dealkylation sites (N-methyl/N-ethyl adjacent to an activating group) is 1. The lowest BCUT2D eigenvalue weighted by molar-refractivity contribution is -0.124. The van der Waals surface area contributed by atoms with Crippen molar-refractivity contribution < 1.29 is 9.90 Å². The minimum Gasteiger partial charge on any atom is -0.390 e. The predicted molar refractivity (Wildman–Crippen MR) is 87.6 cm³/mol. The number of hydrogen-bond donors (Lipinski definition) is 3. The summed E-state index contributed by atoms with van der Waals surface area (Å²) in [6.07, 6.45) is 3.80. The molecule has 0 saturated heterocycles. The average molecular weight is 327 g/mol. The molecule has 0 spiro atoms. The summed E-state index contributed by atoms with van der Waals surface area (Å²) in [5.74, 6) is 0.395. The van der Waals surface area contributed by atoms with Crippen LogP contribution in [0.5, 0.6) is 0 Å². The van der Waals surface area contributed by atoms with Gasteiger partial charge in [-0.2, -0.15) is 0 Å². The minimum atomic E-state index is -0.721. The Morgan fingerprint density at radius 2 is 2.05 bits per heavy atom. The monoisotopic (exact) mass is 326 g/mol. The van der Waals surface area contributed by atoms with Crippen molar-refractivity contribution in [2.75, 3.05) is 12.9 Å². The molecule has 0 bridgehead atoms. The SMILES string of the molecule is C=CCC[C@@H](C)C[C@H](NC(=O)[C@H](C)NC)[C@H](O)CCl.Cl. The Morgan fingerprint density at radius 3 is 2.50 bits per heavy atom. The molecule has 0 aromatic carbocycles. The number of rotatable bonds is 10. The maximum atomic E-state index is 11.9. The van der Waals surface area contributed by atoms with Gasteiger partial charge in [0.15, 0.2) is 0 Å². The standard InChI is InChI=1S/C14H27ClN2O2.ClH/c1-5-6-7-10(2)8-12(13(18)9-15)17-14(19)11(3)16-4;/h5,10-13,16,18H,1,6-9H2,2-4H3,(H,17,19);1H/t10-,11+,12+,13-;/m1./s1. The normalized spacial score (nSPS) is 16.4. The van der Waals surface area contributed by atoms with Crippen molar-refractivity contribution in [1.82, 2.24) is 10.6 Å². The van der Waals surface area contributed by atoms with Crippen LogP contribution in [0.2, 0.25) is 0 Å². The summed E-state index contributed by atoms with van der Waals surface area (Å²) in [4.78, 5) is 11.9. The number of aliphatic hydroxyl groups excluding tert-OH is 1. The van der Waals surface area contributed by atoms with Crippen molar-refractivity contribution in [3.63, 3.8) is 0 Å². The second-order valence-electron chi connectivity index (χ2n) is 5.05. The maximum Gasteiger partial charge on any atom is 0.237 e. The van der Waals surface area contributed by atoms with Gasteiger partial charge >= 0.3 is 0 Å². The van der Waals surface area contributed by atoms with Crippen LogP contribution in [0.3, 0.4) is 0 Å². The van der Waals surface area contributed by atoms with Crippen LogP contribution in [-0.4, -0.2) is 42.1 Å². The van der Waals surface area contributed by atoms with Gasteiger partial charge in [-0.15, -0.1) is 30.6 Å². The first kappa shape index (κ1) is 22.0. The summed E-state index contributed by atoms with van der Waals surface area (Å²) in [5.41, 5.74) is 0. The fourth-order valence-electron chi connectivity index (χ4n) is 1.81. The molecule has 0 fully saturated rings. The predicted octanol–water partition coefficient (Wildman–Crippen LogP) is 2.09. The van der Waals surface area contributed by atoms with Crippen molar-refractivity contribution in [1.29, 1.82) is 0 Å². The van der Waals surface area contributed by atoms with Gasteiger partial charge in [-0.1, -0.05) is 13.0 Å². The highest BCUT2D eigenvalue weighted by atomic mass is 35.5. The van der Waals surface area contributed by atoms with Crippen LogP contribution in [-0.2, 0) is 4.79 Å². The Hall–Kier alpha value is -0.290. The summed E-state index contributed by atoms with van der Waals surface area (Å²) >= 11 is 5.70. The summed E-state index contributed by atoms with van der Waals surface area (Å²) < 4.78 is 0. The van der Waals surface area contributed by atoms with Gasteiger partial charge in [0, 0.05) is 0 Å². The molecule has 0 aromatic heterocycles. The van der Waals surface area contributed by atoms with Gasteiger partial charge in [0.25, 0.3) is 0 Å². The van der Waals surface area contributed by atoms with E-state index in [1.807, 2.05) is 6.08 Å². The van der Waals surface area contributed by atoms with Gasteiger partial charge in [0.05, 0.1) is 24.1 Å². The van der Waals surface area contributed by atoms with E-state index >= 15 is 0 Å². The Bertz CT molecular complexity index is 278.